The zero-order chi connectivity index (χ0) is 36.8. The van der Waals surface area contributed by atoms with Gasteiger partial charge in [-0.2, -0.15) is 9.97 Å². The van der Waals surface area contributed by atoms with Gasteiger partial charge < -0.3 is 0 Å². The summed E-state index contributed by atoms with van der Waals surface area (Å²) in [5.74, 6) is 0.801. The van der Waals surface area contributed by atoms with Crippen molar-refractivity contribution in [3.8, 4) is 28.7 Å². The van der Waals surface area contributed by atoms with Gasteiger partial charge in [0.1, 0.15) is 0 Å². The van der Waals surface area contributed by atoms with Crippen LogP contribution in [0.25, 0.3) is 50.5 Å². The number of nitrogens with zero attached hydrogens (tertiary/aromatic N) is 4. The summed E-state index contributed by atoms with van der Waals surface area (Å²) in [6.07, 6.45) is 0. The zero-order valence-corrected chi connectivity index (χ0v) is 28.0. The molecule has 2 heterocycles. The van der Waals surface area contributed by atoms with Gasteiger partial charge >= 0.3 is 0 Å². The largest absolute Gasteiger partial charge is 0.278 e. The Morgan fingerprint density at radius 1 is 0.420 bits per heavy atom. The van der Waals surface area contributed by atoms with Crippen molar-refractivity contribution < 1.29 is 5.48 Å². The van der Waals surface area contributed by atoms with Crippen molar-refractivity contribution in [2.24, 2.45) is 0 Å². The Kier molecular flexibility index (Phi) is 6.41. The fraction of sp³-hybridized carbons (Fsp3) is 0. The van der Waals surface area contributed by atoms with Crippen LogP contribution in [0.4, 0.5) is 0 Å². The molecule has 50 heavy (non-hydrogen) atoms. The molecular weight excluding hydrogens is 625 g/mol. The van der Waals surface area contributed by atoms with Gasteiger partial charge in [-0.25, -0.2) is 4.98 Å². The Labute approximate surface area is 297 Å². The summed E-state index contributed by atoms with van der Waals surface area (Å²) in [5.41, 5.74) is 2.64. The number of rotatable bonds is 7. The monoisotopic (exact) mass is 660 g/mol. The maximum atomic E-state index is 10.2. The molecule has 0 radical (unpaired) electrons. The molecular formula is C45H32N4Si. The van der Waals surface area contributed by atoms with E-state index in [0.29, 0.717) is 17.0 Å². The molecule has 4 nitrogen and oxygen atoms in total. The van der Waals surface area contributed by atoms with Gasteiger partial charge in [-0.3, -0.25) is 4.57 Å². The second kappa shape index (κ2) is 12.5. The van der Waals surface area contributed by atoms with Crippen LogP contribution in [0.15, 0.2) is 194 Å². The number of aromatic nitrogens is 4. The van der Waals surface area contributed by atoms with Crippen molar-refractivity contribution in [2.75, 3.05) is 0 Å². The quantitative estimate of drug-likeness (QED) is 0.130. The molecule has 5 heteroatoms. The number of benzene rings is 7. The Balaban J connectivity index is 1.41. The molecule has 7 aromatic carbocycles. The highest BCUT2D eigenvalue weighted by atomic mass is 28.3. The van der Waals surface area contributed by atoms with E-state index in [1.807, 2.05) is 126 Å². The van der Waals surface area contributed by atoms with E-state index in [0.717, 1.165) is 42.9 Å². The molecule has 0 saturated heterocycles. The van der Waals surface area contributed by atoms with E-state index in [9.17, 15) is 5.48 Å². The first-order valence-electron chi connectivity index (χ1n) is 18.6. The minimum atomic E-state index is -3.48. The van der Waals surface area contributed by atoms with E-state index in [1.54, 1.807) is 0 Å². The number of hydrogen-bond acceptors (Lipinski definition) is 3. The van der Waals surface area contributed by atoms with Gasteiger partial charge in [0.2, 0.25) is 5.95 Å². The molecule has 0 aliphatic carbocycles. The van der Waals surface area contributed by atoms with Gasteiger partial charge in [0.15, 0.2) is 19.7 Å². The van der Waals surface area contributed by atoms with E-state index in [1.165, 1.54) is 0 Å². The summed E-state index contributed by atoms with van der Waals surface area (Å²) in [7, 11) is -3.48. The predicted molar refractivity (Wildman–Crippen MR) is 209 cm³/mol. The maximum absolute atomic E-state index is 10.2. The molecule has 0 amide bonds. The highest BCUT2D eigenvalue weighted by Gasteiger charge is 2.41. The topological polar surface area (TPSA) is 43.6 Å². The summed E-state index contributed by atoms with van der Waals surface area (Å²) in [6.45, 7) is 0. The smallest absolute Gasteiger partial charge is 0.238 e. The van der Waals surface area contributed by atoms with E-state index in [2.05, 4.69) is 48.5 Å². The van der Waals surface area contributed by atoms with Crippen LogP contribution in [0.3, 0.4) is 0 Å². The summed E-state index contributed by atoms with van der Waals surface area (Å²) >= 11 is 0. The molecule has 0 bridgehead atoms. The van der Waals surface area contributed by atoms with E-state index in [4.69, 9.17) is 15.0 Å². The van der Waals surface area contributed by atoms with Gasteiger partial charge in [0, 0.05) is 21.9 Å². The van der Waals surface area contributed by atoms with Gasteiger partial charge in [0.05, 0.1) is 16.5 Å². The molecule has 0 fully saturated rings. The molecule has 0 spiro atoms. The van der Waals surface area contributed by atoms with E-state index < -0.39 is 8.07 Å². The second-order valence-electron chi connectivity index (χ2n) is 12.1. The third-order valence-electron chi connectivity index (χ3n) is 9.28. The van der Waals surface area contributed by atoms with Crippen LogP contribution in [-0.4, -0.2) is 27.6 Å². The summed E-state index contributed by atoms with van der Waals surface area (Å²) in [4.78, 5) is 15.1. The molecule has 0 atom stereocenters. The molecule has 0 aliphatic rings. The fourth-order valence-corrected chi connectivity index (χ4v) is 11.6. The maximum Gasteiger partial charge on any atom is 0.238 e. The summed E-state index contributed by atoms with van der Waals surface area (Å²) in [5, 5.41) is 5.36. The number of para-hydroxylation sites is 2. The lowest BCUT2D eigenvalue weighted by Gasteiger charge is -2.34. The van der Waals surface area contributed by atoms with Gasteiger partial charge in [-0.05, 0) is 32.9 Å². The van der Waals surface area contributed by atoms with Crippen molar-refractivity contribution >= 4 is 50.6 Å². The van der Waals surface area contributed by atoms with Crippen molar-refractivity contribution in [2.45, 2.75) is 0 Å². The normalized spacial score (nSPS) is 12.7. The van der Waals surface area contributed by atoms with Crippen LogP contribution in [0.1, 0.15) is 5.48 Å². The van der Waals surface area contributed by atoms with Crippen molar-refractivity contribution in [3.63, 3.8) is 0 Å². The van der Waals surface area contributed by atoms with Crippen molar-refractivity contribution in [3.05, 3.63) is 194 Å². The first-order valence-corrected chi connectivity index (χ1v) is 18.6. The lowest BCUT2D eigenvalue weighted by molar-refractivity contribution is 0.953. The molecule has 0 saturated carbocycles. The SMILES string of the molecule is [2H]c1c([2H])c(-c2nc(-c3ccccc3)nc(-n3c4ccccc4c4ccccc43)n2)c([2H])c([Si](c2ccccc2)(c2ccccc2)c2ccccc2)c1[2H]. The van der Waals surface area contributed by atoms with Crippen LogP contribution in [0.2, 0.25) is 0 Å². The molecule has 9 rings (SSSR count). The Morgan fingerprint density at radius 3 is 1.38 bits per heavy atom. The lowest BCUT2D eigenvalue weighted by atomic mass is 10.2. The highest BCUT2D eigenvalue weighted by molar-refractivity contribution is 7.19. The zero-order valence-electron chi connectivity index (χ0n) is 31.0. The predicted octanol–water partition coefficient (Wildman–Crippen LogP) is 7.68. The lowest BCUT2D eigenvalue weighted by Crippen LogP contribution is -2.74. The average molecular weight is 661 g/mol. The van der Waals surface area contributed by atoms with Crippen LogP contribution in [-0.2, 0) is 0 Å². The summed E-state index contributed by atoms with van der Waals surface area (Å²) < 4.78 is 40.5. The standard InChI is InChI=1S/C45H32N4Si/c1-5-18-33(19-6-1)43-46-44(48-45(47-43)49-41-30-15-13-28-39(41)40-29-14-16-31-42(40)49)34-20-17-27-38(32-34)50(35-21-7-2-8-22-35,36-23-9-3-10-24-36)37-25-11-4-12-26-37/h1-32H/i17D,20D,27D,32D. The molecule has 0 N–H and O–H groups in total. The number of hydrogen-bond donors (Lipinski definition) is 0. The molecule has 0 aliphatic heterocycles. The molecule has 2 aromatic heterocycles. The Hall–Kier alpha value is -6.43. The minimum Gasteiger partial charge on any atom is -0.278 e. The average Bonchev–Trinajstić information content (AvgIpc) is 3.57. The van der Waals surface area contributed by atoms with Crippen molar-refractivity contribution in [1.29, 1.82) is 0 Å². The third-order valence-corrected chi connectivity index (χ3v) is 13.9. The van der Waals surface area contributed by atoms with Crippen LogP contribution in [0, 0.1) is 0 Å². The summed E-state index contributed by atoms with van der Waals surface area (Å²) in [6, 6.07) is 55.1. The first-order chi connectivity index (χ1) is 26.5. The van der Waals surface area contributed by atoms with Crippen LogP contribution < -0.4 is 20.7 Å². The van der Waals surface area contributed by atoms with Gasteiger partial charge in [0.25, 0.3) is 0 Å². The molecule has 236 valence electrons. The van der Waals surface area contributed by atoms with Gasteiger partial charge in [-0.1, -0.05) is 182 Å². The van der Waals surface area contributed by atoms with Gasteiger partial charge in [-0.15, -0.1) is 0 Å². The minimum absolute atomic E-state index is 0.0393. The van der Waals surface area contributed by atoms with Crippen molar-refractivity contribution in [1.82, 2.24) is 19.5 Å². The van der Waals surface area contributed by atoms with E-state index >= 15 is 0 Å². The van der Waals surface area contributed by atoms with E-state index in [-0.39, 0.29) is 35.6 Å². The Bertz CT molecular complexity index is 2660. The highest BCUT2D eigenvalue weighted by Crippen LogP contribution is 2.32. The van der Waals surface area contributed by atoms with Crippen LogP contribution >= 0.6 is 0 Å². The fourth-order valence-electron chi connectivity index (χ4n) is 7.07. The molecule has 0 unspecified atom stereocenters. The van der Waals surface area contributed by atoms with Crippen LogP contribution in [0.5, 0.6) is 0 Å². The molecule has 9 aromatic rings. The Morgan fingerprint density at radius 2 is 0.860 bits per heavy atom. The number of fused-ring (bicyclic) bond motifs is 3. The second-order valence-corrected chi connectivity index (χ2v) is 15.8. The third kappa shape index (κ3) is 4.95. The first kappa shape index (κ1) is 25.6.